The number of carbonyl (C=O) groups is 1. The number of thioether (sulfide) groups is 1. The third-order valence-electron chi connectivity index (χ3n) is 3.71. The minimum Gasteiger partial charge on any atom is -0.481 e. The lowest BCUT2D eigenvalue weighted by Crippen LogP contribution is -2.22. The van der Waals surface area contributed by atoms with Gasteiger partial charge < -0.3 is 5.11 Å². The lowest BCUT2D eigenvalue weighted by atomic mass is 9.82. The van der Waals surface area contributed by atoms with Gasteiger partial charge in [0.05, 0.1) is 5.75 Å². The van der Waals surface area contributed by atoms with Gasteiger partial charge in [0.25, 0.3) is 0 Å². The molecule has 0 aliphatic heterocycles. The molecule has 1 aromatic carbocycles. The highest BCUT2D eigenvalue weighted by Crippen LogP contribution is 2.40. The molecule has 1 aromatic rings. The zero-order valence-electron chi connectivity index (χ0n) is 10.8. The Morgan fingerprint density at radius 3 is 2.78 bits per heavy atom. The van der Waals surface area contributed by atoms with Crippen molar-refractivity contribution >= 4 is 17.7 Å². The number of hydrogen-bond donors (Lipinski definition) is 1. The summed E-state index contributed by atoms with van der Waals surface area (Å²) in [6, 6.07) is 8.53. The van der Waals surface area contributed by atoms with Crippen LogP contribution in [0.5, 0.6) is 0 Å². The van der Waals surface area contributed by atoms with Gasteiger partial charge in [-0.3, -0.25) is 4.79 Å². The van der Waals surface area contributed by atoms with Crippen molar-refractivity contribution in [1.29, 1.82) is 0 Å². The molecule has 3 heteroatoms. The van der Waals surface area contributed by atoms with Crippen molar-refractivity contribution in [3.8, 4) is 0 Å². The fraction of sp³-hybridized carbons (Fsp3) is 0.533. The van der Waals surface area contributed by atoms with Crippen LogP contribution in [0.25, 0.3) is 0 Å². The van der Waals surface area contributed by atoms with Gasteiger partial charge in [0.1, 0.15) is 0 Å². The van der Waals surface area contributed by atoms with E-state index in [2.05, 4.69) is 31.2 Å². The number of aryl methyl sites for hydroxylation is 1. The predicted octanol–water partition coefficient (Wildman–Crippen LogP) is 3.84. The van der Waals surface area contributed by atoms with Gasteiger partial charge in [-0.2, -0.15) is 0 Å². The Labute approximate surface area is 113 Å². The first kappa shape index (κ1) is 13.5. The molecule has 1 aliphatic carbocycles. The molecule has 0 spiro atoms. The van der Waals surface area contributed by atoms with Crippen LogP contribution in [0.1, 0.15) is 42.7 Å². The van der Waals surface area contributed by atoms with Crippen LogP contribution in [-0.4, -0.2) is 22.1 Å². The Bertz CT molecular complexity index is 417. The molecule has 98 valence electrons. The second-order valence-electron chi connectivity index (χ2n) is 4.99. The molecule has 0 amide bonds. The smallest absolute Gasteiger partial charge is 0.313 e. The van der Waals surface area contributed by atoms with Crippen molar-refractivity contribution in [2.75, 3.05) is 5.75 Å². The average Bonchev–Trinajstić information content (AvgIpc) is 2.37. The summed E-state index contributed by atoms with van der Waals surface area (Å²) >= 11 is 1.62. The SMILES string of the molecule is Cc1ccccc1[C@@H]1CCCC[C@H]1SCC(=O)O. The monoisotopic (exact) mass is 264 g/mol. The van der Waals surface area contributed by atoms with Gasteiger partial charge >= 0.3 is 5.97 Å². The third kappa shape index (κ3) is 3.29. The topological polar surface area (TPSA) is 37.3 Å². The Balaban J connectivity index is 2.12. The van der Waals surface area contributed by atoms with E-state index in [1.54, 1.807) is 11.8 Å². The predicted molar refractivity (Wildman–Crippen MR) is 76.3 cm³/mol. The molecule has 2 rings (SSSR count). The maximum atomic E-state index is 10.7. The van der Waals surface area contributed by atoms with E-state index in [4.69, 9.17) is 5.11 Å². The van der Waals surface area contributed by atoms with Crippen LogP contribution in [0.4, 0.5) is 0 Å². The highest BCUT2D eigenvalue weighted by Gasteiger charge is 2.28. The van der Waals surface area contributed by atoms with Gasteiger partial charge in [0, 0.05) is 5.25 Å². The summed E-state index contributed by atoms with van der Waals surface area (Å²) < 4.78 is 0. The molecule has 2 atom stereocenters. The van der Waals surface area contributed by atoms with E-state index in [0.29, 0.717) is 11.2 Å². The molecule has 0 unspecified atom stereocenters. The highest BCUT2D eigenvalue weighted by atomic mass is 32.2. The van der Waals surface area contributed by atoms with Crippen molar-refractivity contribution in [2.45, 2.75) is 43.8 Å². The van der Waals surface area contributed by atoms with E-state index in [-0.39, 0.29) is 5.75 Å². The molecular weight excluding hydrogens is 244 g/mol. The summed E-state index contributed by atoms with van der Waals surface area (Å²) in [6.45, 7) is 2.16. The number of carboxylic acid groups (broad SMARTS) is 1. The number of hydrogen-bond acceptors (Lipinski definition) is 2. The van der Waals surface area contributed by atoms with Crippen LogP contribution in [0.3, 0.4) is 0 Å². The number of carboxylic acids is 1. The molecule has 0 aromatic heterocycles. The molecule has 1 N–H and O–H groups in total. The molecule has 1 saturated carbocycles. The van der Waals surface area contributed by atoms with Gasteiger partial charge in [0.2, 0.25) is 0 Å². The normalized spacial score (nSPS) is 23.8. The quantitative estimate of drug-likeness (QED) is 0.897. The second-order valence-corrected chi connectivity index (χ2v) is 6.22. The maximum absolute atomic E-state index is 10.7. The Kier molecular flexibility index (Phi) is 4.70. The number of rotatable bonds is 4. The average molecular weight is 264 g/mol. The molecule has 1 fully saturated rings. The lowest BCUT2D eigenvalue weighted by Gasteiger charge is -2.32. The van der Waals surface area contributed by atoms with E-state index < -0.39 is 5.97 Å². The standard InChI is InChI=1S/C15H20O2S/c1-11-6-2-3-7-12(11)13-8-4-5-9-14(13)18-10-15(16)17/h2-3,6-7,13-14H,4-5,8-10H2,1H3,(H,16,17)/t13-,14+/m0/s1. The summed E-state index contributed by atoms with van der Waals surface area (Å²) in [4.78, 5) is 10.7. The largest absolute Gasteiger partial charge is 0.481 e. The zero-order valence-corrected chi connectivity index (χ0v) is 11.6. The van der Waals surface area contributed by atoms with Crippen molar-refractivity contribution in [1.82, 2.24) is 0 Å². The van der Waals surface area contributed by atoms with Gasteiger partial charge in [-0.25, -0.2) is 0 Å². The summed E-state index contributed by atoms with van der Waals surface area (Å²) in [6.07, 6.45) is 4.85. The lowest BCUT2D eigenvalue weighted by molar-refractivity contribution is -0.133. The van der Waals surface area contributed by atoms with Crippen molar-refractivity contribution in [3.63, 3.8) is 0 Å². The van der Waals surface area contributed by atoms with Gasteiger partial charge in [-0.05, 0) is 36.8 Å². The fourth-order valence-corrected chi connectivity index (χ4v) is 4.04. The van der Waals surface area contributed by atoms with Crippen molar-refractivity contribution in [2.24, 2.45) is 0 Å². The third-order valence-corrected chi connectivity index (χ3v) is 5.12. The van der Waals surface area contributed by atoms with Gasteiger partial charge in [0.15, 0.2) is 0 Å². The van der Waals surface area contributed by atoms with E-state index in [1.807, 2.05) is 0 Å². The van der Waals surface area contributed by atoms with E-state index >= 15 is 0 Å². The first-order valence-corrected chi connectivity index (χ1v) is 7.62. The summed E-state index contributed by atoms with van der Waals surface area (Å²) in [5, 5.41) is 9.30. The Morgan fingerprint density at radius 2 is 2.06 bits per heavy atom. The zero-order chi connectivity index (χ0) is 13.0. The molecule has 2 nitrogen and oxygen atoms in total. The number of aliphatic carboxylic acids is 1. The molecular formula is C15H20O2S. The molecule has 1 aliphatic rings. The minimum atomic E-state index is -0.700. The Hall–Kier alpha value is -0.960. The highest BCUT2D eigenvalue weighted by molar-refractivity contribution is 8.00. The number of benzene rings is 1. The molecule has 0 bridgehead atoms. The first-order valence-electron chi connectivity index (χ1n) is 6.57. The molecule has 0 saturated heterocycles. The molecule has 0 radical (unpaired) electrons. The van der Waals surface area contributed by atoms with Crippen LogP contribution < -0.4 is 0 Å². The minimum absolute atomic E-state index is 0.229. The van der Waals surface area contributed by atoms with E-state index in [1.165, 1.54) is 30.4 Å². The van der Waals surface area contributed by atoms with Crippen LogP contribution in [-0.2, 0) is 4.79 Å². The summed E-state index contributed by atoms with van der Waals surface area (Å²) in [5.74, 6) is 0.0611. The van der Waals surface area contributed by atoms with Crippen molar-refractivity contribution < 1.29 is 9.90 Å². The fourth-order valence-electron chi connectivity index (χ4n) is 2.83. The second kappa shape index (κ2) is 6.28. The summed E-state index contributed by atoms with van der Waals surface area (Å²) in [5.41, 5.74) is 2.76. The molecule has 18 heavy (non-hydrogen) atoms. The summed E-state index contributed by atoms with van der Waals surface area (Å²) in [7, 11) is 0. The van der Waals surface area contributed by atoms with Crippen LogP contribution in [0, 0.1) is 6.92 Å². The first-order chi connectivity index (χ1) is 8.68. The van der Waals surface area contributed by atoms with Crippen LogP contribution >= 0.6 is 11.8 Å². The maximum Gasteiger partial charge on any atom is 0.313 e. The van der Waals surface area contributed by atoms with E-state index in [0.717, 1.165) is 6.42 Å². The van der Waals surface area contributed by atoms with Gasteiger partial charge in [-0.15, -0.1) is 11.8 Å². The molecule has 0 heterocycles. The van der Waals surface area contributed by atoms with Gasteiger partial charge in [-0.1, -0.05) is 37.1 Å². The van der Waals surface area contributed by atoms with Crippen LogP contribution in [0.15, 0.2) is 24.3 Å². The Morgan fingerprint density at radius 1 is 1.33 bits per heavy atom. The van der Waals surface area contributed by atoms with Crippen molar-refractivity contribution in [3.05, 3.63) is 35.4 Å². The van der Waals surface area contributed by atoms with Crippen LogP contribution in [0.2, 0.25) is 0 Å². The van der Waals surface area contributed by atoms with E-state index in [9.17, 15) is 4.79 Å².